The van der Waals surface area contributed by atoms with Gasteiger partial charge in [-0.25, -0.2) is 0 Å². The zero-order valence-electron chi connectivity index (χ0n) is 14.0. The van der Waals surface area contributed by atoms with Gasteiger partial charge in [-0.1, -0.05) is 47.9 Å². The molecule has 2 aromatic heterocycles. The molecule has 0 fully saturated rings. The van der Waals surface area contributed by atoms with E-state index in [9.17, 15) is 18.3 Å². The molecule has 5 nitrogen and oxygen atoms in total. The van der Waals surface area contributed by atoms with Gasteiger partial charge >= 0.3 is 6.18 Å². The van der Waals surface area contributed by atoms with Crippen LogP contribution in [0.1, 0.15) is 17.0 Å². The summed E-state index contributed by atoms with van der Waals surface area (Å²) in [7, 11) is 0. The highest BCUT2D eigenvalue weighted by Gasteiger charge is 2.40. The third-order valence-electron chi connectivity index (χ3n) is 4.01. The molecule has 1 N–H and O–H groups in total. The highest BCUT2D eigenvalue weighted by molar-refractivity contribution is 6.55. The van der Waals surface area contributed by atoms with E-state index in [1.54, 1.807) is 6.82 Å². The van der Waals surface area contributed by atoms with Crippen molar-refractivity contribution in [2.45, 2.75) is 25.9 Å². The van der Waals surface area contributed by atoms with Gasteiger partial charge in [-0.05, 0) is 18.5 Å². The average Bonchev–Trinajstić information content (AvgIpc) is 3.08. The van der Waals surface area contributed by atoms with Crippen molar-refractivity contribution in [3.05, 3.63) is 65.6 Å². The Labute approximate surface area is 148 Å². The van der Waals surface area contributed by atoms with Crippen molar-refractivity contribution in [3.8, 4) is 11.3 Å². The highest BCUT2D eigenvalue weighted by Crippen LogP contribution is 2.35. The van der Waals surface area contributed by atoms with Gasteiger partial charge in [-0.2, -0.15) is 13.2 Å². The maximum atomic E-state index is 13.4. The summed E-state index contributed by atoms with van der Waals surface area (Å²) in [5, 5.41) is 16.4. The van der Waals surface area contributed by atoms with E-state index < -0.39 is 11.9 Å². The first-order valence-electron chi connectivity index (χ1n) is 8.02. The number of nitrogens with zero attached hydrogens (tertiary/aromatic N) is 4. The van der Waals surface area contributed by atoms with Gasteiger partial charge in [0.25, 0.3) is 6.85 Å². The predicted molar refractivity (Wildman–Crippen MR) is 91.3 cm³/mol. The van der Waals surface area contributed by atoms with Gasteiger partial charge in [0, 0.05) is 11.8 Å². The number of hydrogen-bond acceptors (Lipinski definition) is 4. The average molecular weight is 360 g/mol. The maximum Gasteiger partial charge on any atom is 0.437 e. The van der Waals surface area contributed by atoms with E-state index in [4.69, 9.17) is 0 Å². The second kappa shape index (κ2) is 7.29. The minimum absolute atomic E-state index is 0.127. The quantitative estimate of drug-likeness (QED) is 0.711. The SMILES string of the molecule is CB(Cc1ccccc1)n1nnc(C(F)(F)F)c1-c1ccnc(CO)c1. The fraction of sp³-hybridized carbons (Fsp3) is 0.235. The topological polar surface area (TPSA) is 63.8 Å². The molecular formula is C17H16BF3N4O. The van der Waals surface area contributed by atoms with E-state index >= 15 is 0 Å². The standard InChI is InChI=1S/C17H16BF3N4O/c1-18(10-12-5-3-2-4-6-12)25-15(16(23-24-25)17(19,20)21)13-7-8-22-14(9-13)11-26/h2-9,26H,10-11H2,1H3. The van der Waals surface area contributed by atoms with Crippen LogP contribution in [0.25, 0.3) is 11.3 Å². The Morgan fingerprint density at radius 2 is 1.88 bits per heavy atom. The lowest BCUT2D eigenvalue weighted by Crippen LogP contribution is -2.26. The number of benzene rings is 1. The van der Waals surface area contributed by atoms with Crippen molar-refractivity contribution in [3.63, 3.8) is 0 Å². The number of hydrogen-bond donors (Lipinski definition) is 1. The van der Waals surface area contributed by atoms with Crippen LogP contribution < -0.4 is 0 Å². The number of alkyl halides is 3. The fourth-order valence-electron chi connectivity index (χ4n) is 2.82. The van der Waals surface area contributed by atoms with Crippen molar-refractivity contribution in [1.29, 1.82) is 0 Å². The van der Waals surface area contributed by atoms with Gasteiger partial charge in [0.15, 0.2) is 5.69 Å². The first kappa shape index (κ1) is 18.1. The molecule has 0 bridgehead atoms. The molecule has 0 aliphatic heterocycles. The number of aliphatic hydroxyl groups is 1. The predicted octanol–water partition coefficient (Wildman–Crippen LogP) is 3.10. The third kappa shape index (κ3) is 3.77. The Morgan fingerprint density at radius 1 is 1.15 bits per heavy atom. The van der Waals surface area contributed by atoms with Crippen LogP contribution in [0.3, 0.4) is 0 Å². The molecule has 0 atom stereocenters. The Hall–Kier alpha value is -2.68. The van der Waals surface area contributed by atoms with Crippen LogP contribution in [-0.2, 0) is 19.1 Å². The Morgan fingerprint density at radius 3 is 2.54 bits per heavy atom. The lowest BCUT2D eigenvalue weighted by Gasteiger charge is -2.14. The molecule has 0 unspecified atom stereocenters. The number of aromatic nitrogens is 4. The zero-order chi connectivity index (χ0) is 18.7. The summed E-state index contributed by atoms with van der Waals surface area (Å²) in [4.78, 5) is 3.92. The first-order chi connectivity index (χ1) is 12.4. The molecule has 0 aliphatic rings. The summed E-state index contributed by atoms with van der Waals surface area (Å²) in [5.41, 5.74) is 0.353. The van der Waals surface area contributed by atoms with Gasteiger partial charge in [0.05, 0.1) is 18.0 Å². The van der Waals surface area contributed by atoms with Crippen LogP contribution in [0.4, 0.5) is 13.2 Å². The molecule has 0 amide bonds. The maximum absolute atomic E-state index is 13.4. The van der Waals surface area contributed by atoms with Gasteiger partial charge in [-0.3, -0.25) is 9.58 Å². The first-order valence-corrected chi connectivity index (χ1v) is 8.02. The fourth-order valence-corrected chi connectivity index (χ4v) is 2.82. The minimum Gasteiger partial charge on any atom is -0.390 e. The minimum atomic E-state index is -4.64. The van der Waals surface area contributed by atoms with Gasteiger partial charge in [0.2, 0.25) is 0 Å². The van der Waals surface area contributed by atoms with Crippen LogP contribution in [0.15, 0.2) is 48.7 Å². The van der Waals surface area contributed by atoms with Crippen LogP contribution in [0, 0.1) is 0 Å². The van der Waals surface area contributed by atoms with Crippen LogP contribution in [-0.4, -0.2) is 31.8 Å². The zero-order valence-corrected chi connectivity index (χ0v) is 14.0. The van der Waals surface area contributed by atoms with E-state index in [0.717, 1.165) is 5.56 Å². The highest BCUT2D eigenvalue weighted by atomic mass is 19.4. The molecule has 2 heterocycles. The summed E-state index contributed by atoms with van der Waals surface area (Å²) >= 11 is 0. The number of rotatable bonds is 5. The molecule has 0 saturated carbocycles. The summed E-state index contributed by atoms with van der Waals surface area (Å²) in [6.45, 7) is 1.08. The van der Waals surface area contributed by atoms with Crippen LogP contribution in [0.5, 0.6) is 0 Å². The second-order valence-electron chi connectivity index (χ2n) is 5.96. The van der Waals surface area contributed by atoms with Crippen LogP contribution in [0.2, 0.25) is 6.82 Å². The van der Waals surface area contributed by atoms with Crippen molar-refractivity contribution < 1.29 is 18.3 Å². The molecule has 9 heteroatoms. The van der Waals surface area contributed by atoms with Crippen LogP contribution >= 0.6 is 0 Å². The van der Waals surface area contributed by atoms with E-state index in [1.165, 1.54) is 22.9 Å². The Kier molecular flexibility index (Phi) is 5.08. The van der Waals surface area contributed by atoms with Crippen molar-refractivity contribution >= 4 is 6.85 Å². The molecular weight excluding hydrogens is 344 g/mol. The third-order valence-corrected chi connectivity index (χ3v) is 4.01. The smallest absolute Gasteiger partial charge is 0.390 e. The molecule has 0 aliphatic carbocycles. The summed E-state index contributed by atoms with van der Waals surface area (Å²) in [6.07, 6.45) is -2.77. The number of pyridine rings is 1. The van der Waals surface area contributed by atoms with Gasteiger partial charge in [0.1, 0.15) is 0 Å². The summed E-state index contributed by atoms with van der Waals surface area (Å²) in [5.74, 6) is 0. The molecule has 0 radical (unpaired) electrons. The van der Waals surface area contributed by atoms with E-state index in [-0.39, 0.29) is 30.4 Å². The Balaban J connectivity index is 2.06. The van der Waals surface area contributed by atoms with E-state index in [0.29, 0.717) is 6.32 Å². The number of aliphatic hydroxyl groups excluding tert-OH is 1. The molecule has 3 rings (SSSR count). The lowest BCUT2D eigenvalue weighted by molar-refractivity contribution is -0.140. The van der Waals surface area contributed by atoms with E-state index in [2.05, 4.69) is 15.3 Å². The molecule has 1 aromatic carbocycles. The van der Waals surface area contributed by atoms with Gasteiger partial charge in [-0.15, -0.1) is 5.10 Å². The van der Waals surface area contributed by atoms with Gasteiger partial charge < -0.3 is 5.11 Å². The van der Waals surface area contributed by atoms with Crippen molar-refractivity contribution in [1.82, 2.24) is 19.9 Å². The molecule has 3 aromatic rings. The normalized spacial score (nSPS) is 11.6. The lowest BCUT2D eigenvalue weighted by atomic mass is 9.60. The molecule has 134 valence electrons. The molecule has 0 saturated heterocycles. The summed E-state index contributed by atoms with van der Waals surface area (Å²) in [6, 6.07) is 12.3. The summed E-state index contributed by atoms with van der Waals surface area (Å²) < 4.78 is 41.6. The molecule has 26 heavy (non-hydrogen) atoms. The van der Waals surface area contributed by atoms with Crippen molar-refractivity contribution in [2.24, 2.45) is 0 Å². The molecule has 0 spiro atoms. The Bertz CT molecular complexity index is 883. The monoisotopic (exact) mass is 360 g/mol. The number of halogens is 3. The largest absolute Gasteiger partial charge is 0.437 e. The van der Waals surface area contributed by atoms with Crippen molar-refractivity contribution in [2.75, 3.05) is 0 Å². The second-order valence-corrected chi connectivity index (χ2v) is 5.96. The van der Waals surface area contributed by atoms with E-state index in [1.807, 2.05) is 30.3 Å².